The lowest BCUT2D eigenvalue weighted by molar-refractivity contribution is 0.0616. The molecule has 1 unspecified atom stereocenters. The van der Waals surface area contributed by atoms with Gasteiger partial charge in [-0.15, -0.1) is 24.0 Å². The van der Waals surface area contributed by atoms with Crippen molar-refractivity contribution >= 4 is 29.9 Å². The summed E-state index contributed by atoms with van der Waals surface area (Å²) in [6.45, 7) is 5.02. The highest BCUT2D eigenvalue weighted by molar-refractivity contribution is 14.0. The summed E-state index contributed by atoms with van der Waals surface area (Å²) in [4.78, 5) is 4.61. The zero-order valence-electron chi connectivity index (χ0n) is 18.4. The molecule has 0 saturated heterocycles. The van der Waals surface area contributed by atoms with E-state index in [2.05, 4.69) is 20.7 Å². The fourth-order valence-corrected chi connectivity index (χ4v) is 2.78. The Hall–Kier alpha value is -2.21. The van der Waals surface area contributed by atoms with Crippen LogP contribution in [0.15, 0.2) is 29.5 Å². The van der Waals surface area contributed by atoms with Crippen LogP contribution in [0.2, 0.25) is 0 Å². The molecule has 168 valence electrons. The summed E-state index contributed by atoms with van der Waals surface area (Å²) in [5, 5.41) is 21.2. The molecule has 0 saturated carbocycles. The lowest BCUT2D eigenvalue weighted by Crippen LogP contribution is -2.44. The standard InChI is InChI=1S/C20H31N5O4.HI/c1-7-21-19(23-13-20(2,26)15-11-24-25(3)12-15)22-10-14-8-17(28-5)18(29-6)9-16(14)27-4;/h8-9,11-12,26H,7,10,13H2,1-6H3,(H2,21,22,23);1H. The number of aryl methyl sites for hydroxylation is 1. The van der Waals surface area contributed by atoms with E-state index in [0.717, 1.165) is 11.1 Å². The number of methoxy groups -OCH3 is 3. The number of nitrogens with one attached hydrogen (secondary N) is 2. The van der Waals surface area contributed by atoms with Crippen LogP contribution in [0.4, 0.5) is 0 Å². The van der Waals surface area contributed by atoms with E-state index in [4.69, 9.17) is 14.2 Å². The summed E-state index contributed by atoms with van der Waals surface area (Å²) in [5.74, 6) is 2.43. The predicted octanol–water partition coefficient (Wildman–Crippen LogP) is 2.03. The summed E-state index contributed by atoms with van der Waals surface area (Å²) in [5.41, 5.74) is 0.483. The Morgan fingerprint density at radius 1 is 1.13 bits per heavy atom. The van der Waals surface area contributed by atoms with Crippen molar-refractivity contribution in [3.63, 3.8) is 0 Å². The van der Waals surface area contributed by atoms with E-state index in [-0.39, 0.29) is 30.5 Å². The van der Waals surface area contributed by atoms with E-state index in [1.165, 1.54) is 0 Å². The maximum absolute atomic E-state index is 10.8. The monoisotopic (exact) mass is 533 g/mol. The summed E-state index contributed by atoms with van der Waals surface area (Å²) < 4.78 is 17.8. The summed E-state index contributed by atoms with van der Waals surface area (Å²) in [6, 6.07) is 3.62. The minimum Gasteiger partial charge on any atom is -0.496 e. The molecule has 1 aromatic carbocycles. The van der Waals surface area contributed by atoms with Gasteiger partial charge in [0.15, 0.2) is 17.5 Å². The fraction of sp³-hybridized carbons (Fsp3) is 0.500. The Morgan fingerprint density at radius 2 is 1.77 bits per heavy atom. The maximum Gasteiger partial charge on any atom is 0.191 e. The third-order valence-corrected chi connectivity index (χ3v) is 4.47. The molecule has 0 aliphatic heterocycles. The average molecular weight is 533 g/mol. The predicted molar refractivity (Wildman–Crippen MR) is 127 cm³/mol. The third kappa shape index (κ3) is 6.66. The molecule has 2 rings (SSSR count). The van der Waals surface area contributed by atoms with Gasteiger partial charge < -0.3 is 30.0 Å². The van der Waals surface area contributed by atoms with Crippen LogP contribution in [0.5, 0.6) is 17.2 Å². The normalized spacial score (nSPS) is 13.1. The van der Waals surface area contributed by atoms with Crippen molar-refractivity contribution in [3.8, 4) is 17.2 Å². The van der Waals surface area contributed by atoms with E-state index in [1.807, 2.05) is 20.0 Å². The molecule has 2 aromatic rings. The van der Waals surface area contributed by atoms with Crippen molar-refractivity contribution in [2.24, 2.45) is 12.0 Å². The van der Waals surface area contributed by atoms with Gasteiger partial charge in [0.2, 0.25) is 0 Å². The smallest absolute Gasteiger partial charge is 0.191 e. The molecule has 0 radical (unpaired) electrons. The van der Waals surface area contributed by atoms with Gasteiger partial charge in [-0.25, -0.2) is 4.99 Å². The Morgan fingerprint density at radius 3 is 2.30 bits per heavy atom. The third-order valence-electron chi connectivity index (χ3n) is 4.47. The summed E-state index contributed by atoms with van der Waals surface area (Å²) in [6.07, 6.45) is 3.44. The van der Waals surface area contributed by atoms with E-state index >= 15 is 0 Å². The Balaban J connectivity index is 0.00000450. The zero-order chi connectivity index (χ0) is 21.4. The molecule has 3 N–H and O–H groups in total. The van der Waals surface area contributed by atoms with Gasteiger partial charge in [-0.3, -0.25) is 4.68 Å². The first kappa shape index (κ1) is 25.8. The summed E-state index contributed by atoms with van der Waals surface area (Å²) >= 11 is 0. The van der Waals surface area contributed by atoms with Gasteiger partial charge in [0.05, 0.1) is 40.6 Å². The SMILES string of the molecule is CCNC(=NCc1cc(OC)c(OC)cc1OC)NCC(C)(O)c1cnn(C)c1.I. The van der Waals surface area contributed by atoms with Crippen molar-refractivity contribution in [1.29, 1.82) is 0 Å². The van der Waals surface area contributed by atoms with Crippen LogP contribution in [0.1, 0.15) is 25.0 Å². The fourth-order valence-electron chi connectivity index (χ4n) is 2.78. The van der Waals surface area contributed by atoms with Crippen LogP contribution < -0.4 is 24.8 Å². The number of hydrogen-bond acceptors (Lipinski definition) is 6. The minimum atomic E-state index is -1.09. The molecule has 0 bridgehead atoms. The zero-order valence-corrected chi connectivity index (χ0v) is 20.7. The topological polar surface area (TPSA) is 102 Å². The number of guanidine groups is 1. The number of aliphatic imine (C=N–C) groups is 1. The molecule has 1 aromatic heterocycles. The first-order chi connectivity index (χ1) is 13.8. The first-order valence-corrected chi connectivity index (χ1v) is 9.37. The second kappa shape index (κ2) is 11.8. The minimum absolute atomic E-state index is 0. The second-order valence-corrected chi connectivity index (χ2v) is 6.74. The van der Waals surface area contributed by atoms with Gasteiger partial charge in [0.1, 0.15) is 11.4 Å². The largest absolute Gasteiger partial charge is 0.496 e. The van der Waals surface area contributed by atoms with Crippen molar-refractivity contribution in [3.05, 3.63) is 35.7 Å². The molecule has 1 atom stereocenters. The highest BCUT2D eigenvalue weighted by Gasteiger charge is 2.25. The molecular formula is C20H32IN5O4. The number of nitrogens with zero attached hydrogens (tertiary/aromatic N) is 3. The number of aliphatic hydroxyl groups is 1. The molecule has 9 nitrogen and oxygen atoms in total. The average Bonchev–Trinajstić information content (AvgIpc) is 3.16. The lowest BCUT2D eigenvalue weighted by atomic mass is 10.00. The number of benzene rings is 1. The lowest BCUT2D eigenvalue weighted by Gasteiger charge is -2.23. The molecule has 10 heteroatoms. The van der Waals surface area contributed by atoms with Crippen LogP contribution in [0.25, 0.3) is 0 Å². The van der Waals surface area contributed by atoms with Crippen molar-refractivity contribution in [1.82, 2.24) is 20.4 Å². The molecule has 0 spiro atoms. The first-order valence-electron chi connectivity index (χ1n) is 9.37. The Kier molecular flexibility index (Phi) is 10.2. The van der Waals surface area contributed by atoms with Crippen LogP contribution in [0.3, 0.4) is 0 Å². The van der Waals surface area contributed by atoms with Gasteiger partial charge in [0, 0.05) is 37.0 Å². The van der Waals surface area contributed by atoms with E-state index in [0.29, 0.717) is 36.3 Å². The molecule has 1 heterocycles. The van der Waals surface area contributed by atoms with E-state index < -0.39 is 5.60 Å². The number of halogens is 1. The molecular weight excluding hydrogens is 501 g/mol. The van der Waals surface area contributed by atoms with Crippen LogP contribution in [-0.2, 0) is 19.2 Å². The molecule has 0 aliphatic rings. The number of ether oxygens (including phenoxy) is 3. The van der Waals surface area contributed by atoms with Gasteiger partial charge in [-0.2, -0.15) is 5.10 Å². The number of hydrogen-bond donors (Lipinski definition) is 3. The Labute approximate surface area is 194 Å². The highest BCUT2D eigenvalue weighted by Crippen LogP contribution is 2.34. The van der Waals surface area contributed by atoms with Crippen LogP contribution >= 0.6 is 24.0 Å². The highest BCUT2D eigenvalue weighted by atomic mass is 127. The van der Waals surface area contributed by atoms with Crippen LogP contribution in [0, 0.1) is 0 Å². The number of aromatic nitrogens is 2. The molecule has 0 aliphatic carbocycles. The molecule has 0 amide bonds. The van der Waals surface area contributed by atoms with E-state index in [1.54, 1.807) is 51.4 Å². The number of rotatable bonds is 9. The van der Waals surface area contributed by atoms with Gasteiger partial charge in [-0.05, 0) is 19.9 Å². The van der Waals surface area contributed by atoms with Gasteiger partial charge >= 0.3 is 0 Å². The molecule has 30 heavy (non-hydrogen) atoms. The van der Waals surface area contributed by atoms with Gasteiger partial charge in [0.25, 0.3) is 0 Å². The van der Waals surface area contributed by atoms with Crippen molar-refractivity contribution in [2.75, 3.05) is 34.4 Å². The van der Waals surface area contributed by atoms with Crippen molar-refractivity contribution in [2.45, 2.75) is 26.0 Å². The molecule has 0 fully saturated rings. The Bertz CT molecular complexity index is 839. The summed E-state index contributed by atoms with van der Waals surface area (Å²) in [7, 11) is 6.58. The van der Waals surface area contributed by atoms with Crippen LogP contribution in [-0.4, -0.2) is 55.3 Å². The quantitative estimate of drug-likeness (QED) is 0.258. The van der Waals surface area contributed by atoms with Crippen molar-refractivity contribution < 1.29 is 19.3 Å². The van der Waals surface area contributed by atoms with Gasteiger partial charge in [-0.1, -0.05) is 0 Å². The van der Waals surface area contributed by atoms with E-state index in [9.17, 15) is 5.11 Å². The maximum atomic E-state index is 10.8. The second-order valence-electron chi connectivity index (χ2n) is 6.74.